The first kappa shape index (κ1) is 13.4. The second-order valence-electron chi connectivity index (χ2n) is 5.37. The first-order chi connectivity index (χ1) is 7.96. The maximum absolute atomic E-state index is 11.9. The molecule has 1 atom stereocenters. The summed E-state index contributed by atoms with van der Waals surface area (Å²) in [6.07, 6.45) is 4.44. The number of piperidine rings is 1. The van der Waals surface area contributed by atoms with Gasteiger partial charge in [-0.25, -0.2) is 0 Å². The molecule has 0 spiro atoms. The number of amides is 1. The molecule has 1 saturated heterocycles. The number of nitrogens with zero attached hydrogens (tertiary/aromatic N) is 1. The third kappa shape index (κ3) is 2.88. The lowest BCUT2D eigenvalue weighted by Crippen LogP contribution is -2.40. The molecule has 5 heteroatoms. The van der Waals surface area contributed by atoms with Crippen molar-refractivity contribution in [3.8, 4) is 0 Å². The SMILES string of the molecule is C[C@]1(C(=O)NCCN2CCCCC2)CC1(Cl)Cl. The minimum Gasteiger partial charge on any atom is -0.354 e. The first-order valence-electron chi connectivity index (χ1n) is 6.34. The van der Waals surface area contributed by atoms with Crippen LogP contribution in [0.1, 0.15) is 32.6 Å². The zero-order valence-electron chi connectivity index (χ0n) is 10.3. The molecule has 3 nitrogen and oxygen atoms in total. The Morgan fingerprint density at radius 2 is 1.88 bits per heavy atom. The van der Waals surface area contributed by atoms with Gasteiger partial charge in [0.25, 0.3) is 0 Å². The molecule has 1 aliphatic carbocycles. The fourth-order valence-electron chi connectivity index (χ4n) is 2.35. The van der Waals surface area contributed by atoms with Crippen LogP contribution in [0.2, 0.25) is 0 Å². The summed E-state index contributed by atoms with van der Waals surface area (Å²) in [6.45, 7) is 5.76. The van der Waals surface area contributed by atoms with E-state index in [9.17, 15) is 4.79 Å². The van der Waals surface area contributed by atoms with E-state index in [2.05, 4.69) is 10.2 Å². The van der Waals surface area contributed by atoms with Crippen molar-refractivity contribution in [2.24, 2.45) is 5.41 Å². The van der Waals surface area contributed by atoms with Gasteiger partial charge in [0.15, 0.2) is 0 Å². The van der Waals surface area contributed by atoms with Gasteiger partial charge < -0.3 is 10.2 Å². The molecule has 1 N–H and O–H groups in total. The lowest BCUT2D eigenvalue weighted by Gasteiger charge is -2.26. The number of hydrogen-bond donors (Lipinski definition) is 1. The number of alkyl halides is 2. The molecule has 2 rings (SSSR count). The molecular weight excluding hydrogens is 259 g/mol. The molecule has 0 aromatic carbocycles. The van der Waals surface area contributed by atoms with Gasteiger partial charge in [-0.3, -0.25) is 4.79 Å². The highest BCUT2D eigenvalue weighted by atomic mass is 35.5. The number of hydrogen-bond acceptors (Lipinski definition) is 2. The van der Waals surface area contributed by atoms with Gasteiger partial charge in [-0.05, 0) is 39.3 Å². The average molecular weight is 279 g/mol. The quantitative estimate of drug-likeness (QED) is 0.800. The van der Waals surface area contributed by atoms with Crippen molar-refractivity contribution < 1.29 is 4.79 Å². The summed E-state index contributed by atoms with van der Waals surface area (Å²) in [5.74, 6) is -0.0143. The Morgan fingerprint density at radius 1 is 1.29 bits per heavy atom. The van der Waals surface area contributed by atoms with Gasteiger partial charge in [0.2, 0.25) is 5.91 Å². The van der Waals surface area contributed by atoms with Gasteiger partial charge in [-0.2, -0.15) is 0 Å². The summed E-state index contributed by atoms with van der Waals surface area (Å²) in [7, 11) is 0. The maximum Gasteiger partial charge on any atom is 0.229 e. The van der Waals surface area contributed by atoms with E-state index in [4.69, 9.17) is 23.2 Å². The molecule has 0 aromatic rings. The van der Waals surface area contributed by atoms with E-state index < -0.39 is 9.75 Å². The fraction of sp³-hybridized carbons (Fsp3) is 0.917. The number of halogens is 2. The molecular formula is C12H20Cl2N2O. The molecule has 0 bridgehead atoms. The summed E-state index contributed by atoms with van der Waals surface area (Å²) >= 11 is 11.9. The molecule has 0 radical (unpaired) electrons. The molecule has 2 fully saturated rings. The van der Waals surface area contributed by atoms with Crippen molar-refractivity contribution in [2.75, 3.05) is 26.2 Å². The van der Waals surface area contributed by atoms with E-state index in [1.165, 1.54) is 19.3 Å². The topological polar surface area (TPSA) is 32.3 Å². The Hall–Kier alpha value is 0.01000. The Labute approximate surface area is 113 Å². The number of nitrogens with one attached hydrogen (secondary N) is 1. The van der Waals surface area contributed by atoms with Crippen LogP contribution in [0.3, 0.4) is 0 Å². The Kier molecular flexibility index (Phi) is 3.91. The van der Waals surface area contributed by atoms with Crippen molar-refractivity contribution in [3.63, 3.8) is 0 Å². The van der Waals surface area contributed by atoms with Crippen LogP contribution in [0, 0.1) is 5.41 Å². The van der Waals surface area contributed by atoms with E-state index >= 15 is 0 Å². The minimum absolute atomic E-state index is 0.0143. The van der Waals surface area contributed by atoms with Crippen LogP contribution >= 0.6 is 23.2 Å². The standard InChI is InChI=1S/C12H20Cl2N2O/c1-11(9-12(11,13)14)10(17)15-5-8-16-6-3-2-4-7-16/h2-9H2,1H3,(H,15,17)/t11-/m1/s1. The van der Waals surface area contributed by atoms with Gasteiger partial charge in [-0.15, -0.1) is 23.2 Å². The van der Waals surface area contributed by atoms with Gasteiger partial charge in [0.05, 0.1) is 5.41 Å². The van der Waals surface area contributed by atoms with Crippen LogP contribution in [0.5, 0.6) is 0 Å². The molecule has 2 aliphatic rings. The molecule has 1 heterocycles. The molecule has 1 saturated carbocycles. The summed E-state index contributed by atoms with van der Waals surface area (Å²) in [6, 6.07) is 0. The van der Waals surface area contributed by atoms with Gasteiger partial charge in [0.1, 0.15) is 4.33 Å². The van der Waals surface area contributed by atoms with Gasteiger partial charge in [-0.1, -0.05) is 6.42 Å². The summed E-state index contributed by atoms with van der Waals surface area (Å²) in [5.41, 5.74) is -0.585. The van der Waals surface area contributed by atoms with Crippen molar-refractivity contribution in [2.45, 2.75) is 36.9 Å². The highest BCUT2D eigenvalue weighted by molar-refractivity contribution is 6.53. The van der Waals surface area contributed by atoms with Gasteiger partial charge in [0, 0.05) is 13.1 Å². The average Bonchev–Trinajstić information content (AvgIpc) is 2.81. The van der Waals surface area contributed by atoms with Crippen LogP contribution in [-0.2, 0) is 4.79 Å². The summed E-state index contributed by atoms with van der Waals surface area (Å²) in [4.78, 5) is 14.3. The van der Waals surface area contributed by atoms with E-state index in [0.29, 0.717) is 13.0 Å². The van der Waals surface area contributed by atoms with E-state index in [1.807, 2.05) is 6.92 Å². The number of likely N-dealkylation sites (tertiary alicyclic amines) is 1. The zero-order valence-corrected chi connectivity index (χ0v) is 11.8. The van der Waals surface area contributed by atoms with Crippen LogP contribution in [0.25, 0.3) is 0 Å². The first-order valence-corrected chi connectivity index (χ1v) is 7.10. The molecule has 98 valence electrons. The Balaban J connectivity index is 1.67. The smallest absolute Gasteiger partial charge is 0.229 e. The highest BCUT2D eigenvalue weighted by Crippen LogP contribution is 2.63. The third-order valence-electron chi connectivity index (χ3n) is 3.92. The highest BCUT2D eigenvalue weighted by Gasteiger charge is 2.67. The molecule has 1 aliphatic heterocycles. The maximum atomic E-state index is 11.9. The summed E-state index contributed by atoms with van der Waals surface area (Å²) in [5, 5.41) is 2.94. The van der Waals surface area contributed by atoms with Crippen LogP contribution in [-0.4, -0.2) is 41.3 Å². The fourth-order valence-corrected chi connectivity index (χ4v) is 3.06. The second kappa shape index (κ2) is 4.94. The Morgan fingerprint density at radius 3 is 2.41 bits per heavy atom. The molecule has 0 unspecified atom stereocenters. The van der Waals surface area contributed by atoms with Crippen molar-refractivity contribution in [3.05, 3.63) is 0 Å². The summed E-state index contributed by atoms with van der Waals surface area (Å²) < 4.78 is -0.859. The lowest BCUT2D eigenvalue weighted by atomic mass is 10.1. The molecule has 1 amide bonds. The van der Waals surface area contributed by atoms with Gasteiger partial charge >= 0.3 is 0 Å². The van der Waals surface area contributed by atoms with E-state index in [1.54, 1.807) is 0 Å². The molecule has 0 aromatic heterocycles. The van der Waals surface area contributed by atoms with Crippen LogP contribution in [0.15, 0.2) is 0 Å². The third-order valence-corrected chi connectivity index (χ3v) is 5.02. The predicted octanol–water partition coefficient (Wildman–Crippen LogP) is 2.17. The zero-order chi connectivity index (χ0) is 12.5. The van der Waals surface area contributed by atoms with Crippen molar-refractivity contribution >= 4 is 29.1 Å². The van der Waals surface area contributed by atoms with Crippen LogP contribution < -0.4 is 5.32 Å². The predicted molar refractivity (Wildman–Crippen MR) is 70.5 cm³/mol. The monoisotopic (exact) mass is 278 g/mol. The Bertz CT molecular complexity index is 303. The molecule has 17 heavy (non-hydrogen) atoms. The minimum atomic E-state index is -0.859. The second-order valence-corrected chi connectivity index (χ2v) is 6.86. The number of rotatable bonds is 4. The lowest BCUT2D eigenvalue weighted by molar-refractivity contribution is -0.125. The van der Waals surface area contributed by atoms with Crippen molar-refractivity contribution in [1.29, 1.82) is 0 Å². The van der Waals surface area contributed by atoms with E-state index in [0.717, 1.165) is 19.6 Å². The van der Waals surface area contributed by atoms with E-state index in [-0.39, 0.29) is 5.91 Å². The normalized spacial score (nSPS) is 32.2. The van der Waals surface area contributed by atoms with Crippen molar-refractivity contribution in [1.82, 2.24) is 10.2 Å². The van der Waals surface area contributed by atoms with Crippen LogP contribution in [0.4, 0.5) is 0 Å². The number of carbonyl (C=O) groups excluding carboxylic acids is 1. The largest absolute Gasteiger partial charge is 0.354 e. The number of carbonyl (C=O) groups is 1.